The molecule has 28 heavy (non-hydrogen) atoms. The van der Waals surface area contributed by atoms with Crippen LogP contribution in [0.3, 0.4) is 0 Å². The lowest BCUT2D eigenvalue weighted by Crippen LogP contribution is -2.24. The smallest absolute Gasteiger partial charge is 0.434 e. The van der Waals surface area contributed by atoms with E-state index in [1.807, 2.05) is 0 Å². The fourth-order valence-electron chi connectivity index (χ4n) is 1.98. The average Bonchev–Trinajstić information content (AvgIpc) is 2.64. The molecule has 0 aliphatic carbocycles. The number of alkyl halides is 6. The van der Waals surface area contributed by atoms with Crippen LogP contribution in [0.5, 0.6) is 0 Å². The summed E-state index contributed by atoms with van der Waals surface area (Å²) < 4.78 is 81.1. The molecule has 2 rings (SSSR count). The number of carbonyl (C=O) groups excluding carboxylic acids is 1. The molecule has 0 spiro atoms. The summed E-state index contributed by atoms with van der Waals surface area (Å²) in [6.07, 6.45) is -8.82. The van der Waals surface area contributed by atoms with Crippen molar-refractivity contribution in [2.75, 3.05) is 12.5 Å². The molecule has 1 aromatic heterocycles. The van der Waals surface area contributed by atoms with Crippen molar-refractivity contribution in [2.24, 2.45) is 0 Å². The molecule has 0 radical (unpaired) electrons. The second-order valence-corrected chi connectivity index (χ2v) is 5.25. The molecule has 2 aromatic rings. The van der Waals surface area contributed by atoms with Crippen molar-refractivity contribution in [1.29, 1.82) is 0 Å². The van der Waals surface area contributed by atoms with Crippen molar-refractivity contribution in [3.63, 3.8) is 0 Å². The van der Waals surface area contributed by atoms with Gasteiger partial charge < -0.3 is 4.74 Å². The maximum Gasteiger partial charge on any atom is 0.434 e. The number of esters is 1. The van der Waals surface area contributed by atoms with Gasteiger partial charge in [0.1, 0.15) is 5.56 Å². The van der Waals surface area contributed by atoms with Gasteiger partial charge in [-0.2, -0.15) is 26.3 Å². The van der Waals surface area contributed by atoms with Crippen LogP contribution in [0.1, 0.15) is 27.2 Å². The van der Waals surface area contributed by atoms with Gasteiger partial charge in [0, 0.05) is 6.20 Å². The molecular formula is C16H12F6N4O2. The molecule has 6 nitrogen and oxygen atoms in total. The van der Waals surface area contributed by atoms with Crippen LogP contribution in [0.2, 0.25) is 0 Å². The number of nitrogens with one attached hydrogen (secondary N) is 2. The van der Waals surface area contributed by atoms with Crippen molar-refractivity contribution < 1.29 is 35.9 Å². The van der Waals surface area contributed by atoms with Gasteiger partial charge in [-0.1, -0.05) is 18.7 Å². The van der Waals surface area contributed by atoms with Crippen molar-refractivity contribution in [1.82, 2.24) is 15.4 Å². The summed E-state index contributed by atoms with van der Waals surface area (Å²) in [5, 5.41) is 0. The van der Waals surface area contributed by atoms with Gasteiger partial charge in [0.25, 0.3) is 0 Å². The van der Waals surface area contributed by atoms with Gasteiger partial charge in [-0.25, -0.2) is 14.8 Å². The standard InChI is InChI=1S/C16H12F6N4O2/c1-8(9-3-5-10(6-4-9)15(17,18)19)25-26-14-23-7-11(13(27)28-2)12(24-14)16(20,21)22/h3-7,25H,1H2,2H3,(H,23,24,26). The fourth-order valence-corrected chi connectivity index (χ4v) is 1.98. The molecule has 0 aliphatic heterocycles. The van der Waals surface area contributed by atoms with E-state index in [2.05, 4.69) is 32.1 Å². The third kappa shape index (κ3) is 4.90. The Bertz CT molecular complexity index is 878. The second kappa shape index (κ2) is 7.74. The highest BCUT2D eigenvalue weighted by Crippen LogP contribution is 2.31. The molecule has 0 saturated heterocycles. The van der Waals surface area contributed by atoms with Crippen molar-refractivity contribution in [2.45, 2.75) is 12.4 Å². The molecule has 0 amide bonds. The molecular weight excluding hydrogens is 394 g/mol. The number of halogens is 6. The van der Waals surface area contributed by atoms with Crippen LogP contribution in [0.4, 0.5) is 32.3 Å². The number of rotatable bonds is 5. The molecule has 150 valence electrons. The largest absolute Gasteiger partial charge is 0.465 e. The molecule has 2 N–H and O–H groups in total. The van der Waals surface area contributed by atoms with Crippen LogP contribution in [0.25, 0.3) is 5.70 Å². The number of carbonyl (C=O) groups is 1. The zero-order valence-corrected chi connectivity index (χ0v) is 14.1. The Balaban J connectivity index is 2.16. The molecule has 0 atom stereocenters. The van der Waals surface area contributed by atoms with E-state index in [1.165, 1.54) is 0 Å². The Morgan fingerprint density at radius 3 is 2.18 bits per heavy atom. The van der Waals surface area contributed by atoms with Crippen molar-refractivity contribution in [3.8, 4) is 0 Å². The number of methoxy groups -OCH3 is 1. The first-order valence-corrected chi connectivity index (χ1v) is 7.34. The number of hydrazine groups is 1. The van der Waals surface area contributed by atoms with Gasteiger partial charge in [0.2, 0.25) is 5.95 Å². The number of ether oxygens (including phenoxy) is 1. The van der Waals surface area contributed by atoms with Gasteiger partial charge >= 0.3 is 18.3 Å². The van der Waals surface area contributed by atoms with Gasteiger partial charge in [-0.05, 0) is 17.7 Å². The third-order valence-electron chi connectivity index (χ3n) is 3.35. The first-order chi connectivity index (χ1) is 12.9. The highest BCUT2D eigenvalue weighted by molar-refractivity contribution is 5.90. The maximum absolute atomic E-state index is 13.1. The number of anilines is 1. The lowest BCUT2D eigenvalue weighted by Gasteiger charge is -2.14. The minimum absolute atomic E-state index is 0.0444. The maximum atomic E-state index is 13.1. The summed E-state index contributed by atoms with van der Waals surface area (Å²) in [6, 6.07) is 3.90. The Kier molecular flexibility index (Phi) is 5.81. The Hall–Kier alpha value is -3.31. The quantitative estimate of drug-likeness (QED) is 0.446. The summed E-state index contributed by atoms with van der Waals surface area (Å²) in [5.41, 5.74) is 1.65. The van der Waals surface area contributed by atoms with E-state index in [-0.39, 0.29) is 11.3 Å². The van der Waals surface area contributed by atoms with Crippen LogP contribution in [-0.2, 0) is 17.1 Å². The highest BCUT2D eigenvalue weighted by atomic mass is 19.4. The molecule has 0 unspecified atom stereocenters. The lowest BCUT2D eigenvalue weighted by atomic mass is 10.1. The molecule has 12 heteroatoms. The first kappa shape index (κ1) is 21.0. The van der Waals surface area contributed by atoms with Crippen molar-refractivity contribution in [3.05, 3.63) is 59.4 Å². The molecule has 0 saturated carbocycles. The first-order valence-electron chi connectivity index (χ1n) is 7.34. The molecule has 1 aromatic carbocycles. The molecule has 0 bridgehead atoms. The van der Waals surface area contributed by atoms with Crippen LogP contribution in [0.15, 0.2) is 37.0 Å². The monoisotopic (exact) mass is 406 g/mol. The summed E-state index contributed by atoms with van der Waals surface area (Å²) in [7, 11) is 0.907. The summed E-state index contributed by atoms with van der Waals surface area (Å²) in [4.78, 5) is 18.2. The third-order valence-corrected chi connectivity index (χ3v) is 3.35. The minimum Gasteiger partial charge on any atom is -0.465 e. The fraction of sp³-hybridized carbons (Fsp3) is 0.188. The zero-order valence-electron chi connectivity index (χ0n) is 14.1. The van der Waals surface area contributed by atoms with E-state index >= 15 is 0 Å². The van der Waals surface area contributed by atoms with E-state index in [4.69, 9.17) is 0 Å². The number of hydrogen-bond acceptors (Lipinski definition) is 6. The summed E-state index contributed by atoms with van der Waals surface area (Å²) >= 11 is 0. The predicted molar refractivity (Wildman–Crippen MR) is 85.6 cm³/mol. The van der Waals surface area contributed by atoms with Gasteiger partial charge in [0.15, 0.2) is 5.69 Å². The van der Waals surface area contributed by atoms with Crippen LogP contribution in [0, 0.1) is 0 Å². The number of nitrogens with zero attached hydrogens (tertiary/aromatic N) is 2. The highest BCUT2D eigenvalue weighted by Gasteiger charge is 2.38. The Morgan fingerprint density at radius 1 is 1.07 bits per heavy atom. The number of hydrogen-bond donors (Lipinski definition) is 2. The number of aromatic nitrogens is 2. The Morgan fingerprint density at radius 2 is 1.68 bits per heavy atom. The van der Waals surface area contributed by atoms with Crippen molar-refractivity contribution >= 4 is 17.6 Å². The average molecular weight is 406 g/mol. The van der Waals surface area contributed by atoms with Crippen LogP contribution >= 0.6 is 0 Å². The van der Waals surface area contributed by atoms with Crippen LogP contribution < -0.4 is 10.9 Å². The van der Waals surface area contributed by atoms with E-state index in [1.54, 1.807) is 0 Å². The van der Waals surface area contributed by atoms with E-state index in [0.717, 1.165) is 31.4 Å². The lowest BCUT2D eigenvalue weighted by molar-refractivity contribution is -0.141. The van der Waals surface area contributed by atoms with Gasteiger partial charge in [0.05, 0.1) is 18.4 Å². The predicted octanol–water partition coefficient (Wildman–Crippen LogP) is 3.89. The summed E-state index contributed by atoms with van der Waals surface area (Å²) in [6.45, 7) is 3.56. The SMILES string of the molecule is C=C(NNc1ncc(C(=O)OC)c(C(F)(F)F)n1)c1ccc(C(F)(F)F)cc1. The minimum atomic E-state index is -4.95. The zero-order chi connectivity index (χ0) is 21.1. The van der Waals surface area contributed by atoms with E-state index < -0.39 is 41.1 Å². The normalized spacial score (nSPS) is 11.7. The van der Waals surface area contributed by atoms with Gasteiger partial charge in [-0.15, -0.1) is 0 Å². The topological polar surface area (TPSA) is 76.1 Å². The van der Waals surface area contributed by atoms with E-state index in [9.17, 15) is 31.1 Å². The van der Waals surface area contributed by atoms with Gasteiger partial charge in [-0.3, -0.25) is 10.9 Å². The second-order valence-electron chi connectivity index (χ2n) is 5.25. The Labute approximate surface area is 154 Å². The molecule has 0 aliphatic rings. The van der Waals surface area contributed by atoms with Crippen LogP contribution in [-0.4, -0.2) is 23.0 Å². The summed E-state index contributed by atoms with van der Waals surface area (Å²) in [5.74, 6) is -1.81. The number of benzene rings is 1. The van der Waals surface area contributed by atoms with E-state index in [0.29, 0.717) is 6.20 Å². The molecule has 1 heterocycles. The molecule has 0 fully saturated rings.